The van der Waals surface area contributed by atoms with Crippen molar-refractivity contribution in [2.75, 3.05) is 26.4 Å². The van der Waals surface area contributed by atoms with E-state index in [1.807, 2.05) is 12.2 Å². The van der Waals surface area contributed by atoms with Crippen molar-refractivity contribution >= 4 is 19.8 Å². The molecule has 0 aromatic heterocycles. The lowest BCUT2D eigenvalue weighted by Gasteiger charge is -2.19. The van der Waals surface area contributed by atoms with Gasteiger partial charge in [-0.05, 0) is 38.5 Å². The summed E-state index contributed by atoms with van der Waals surface area (Å²) in [7, 11) is -4.40. The van der Waals surface area contributed by atoms with E-state index in [0.29, 0.717) is 6.42 Å². The maximum absolute atomic E-state index is 12.6. The van der Waals surface area contributed by atoms with Crippen LogP contribution in [0.3, 0.4) is 0 Å². The van der Waals surface area contributed by atoms with Crippen molar-refractivity contribution in [1.82, 2.24) is 0 Å². The Morgan fingerprint density at radius 2 is 0.786 bits per heavy atom. The molecule has 0 saturated carbocycles. The Morgan fingerprint density at radius 1 is 0.443 bits per heavy atom. The van der Waals surface area contributed by atoms with Crippen LogP contribution in [0.2, 0.25) is 0 Å². The number of ether oxygens (including phenoxy) is 2. The predicted molar refractivity (Wildman–Crippen MR) is 298 cm³/mol. The van der Waals surface area contributed by atoms with Gasteiger partial charge in [-0.1, -0.05) is 287 Å². The van der Waals surface area contributed by atoms with Crippen LogP contribution in [0.25, 0.3) is 0 Å². The number of esters is 2. The van der Waals surface area contributed by atoms with E-state index in [4.69, 9.17) is 24.3 Å². The zero-order valence-corrected chi connectivity index (χ0v) is 46.7. The van der Waals surface area contributed by atoms with Crippen LogP contribution in [0.4, 0.5) is 0 Å². The number of carbonyl (C=O) groups excluding carboxylic acids is 2. The van der Waals surface area contributed by atoms with E-state index in [0.717, 1.165) is 44.9 Å². The zero-order valence-electron chi connectivity index (χ0n) is 45.8. The van der Waals surface area contributed by atoms with Crippen LogP contribution in [-0.4, -0.2) is 49.3 Å². The molecule has 0 radical (unpaired) electrons. The van der Waals surface area contributed by atoms with Crippen LogP contribution in [0.15, 0.2) is 48.6 Å². The van der Waals surface area contributed by atoms with Gasteiger partial charge in [-0.25, -0.2) is 4.57 Å². The molecule has 70 heavy (non-hydrogen) atoms. The van der Waals surface area contributed by atoms with Crippen LogP contribution in [-0.2, 0) is 32.7 Å². The van der Waals surface area contributed by atoms with Crippen LogP contribution in [0, 0.1) is 0 Å². The first-order chi connectivity index (χ1) is 34.3. The van der Waals surface area contributed by atoms with Crippen LogP contribution in [0.1, 0.15) is 290 Å². The van der Waals surface area contributed by atoms with Crippen molar-refractivity contribution in [3.63, 3.8) is 0 Å². The lowest BCUT2D eigenvalue weighted by molar-refractivity contribution is -0.161. The SMILES string of the molecule is CC/C=C\C/C=C\C/C=C\C/C=C\CCC(=O)OC(COC(=O)CCCCCCCCCCCCCCCCCCCCCCCCCCCCCCCCCCCCCC)COP(=O)(O)OCCN. The Bertz CT molecular complexity index is 1280. The van der Waals surface area contributed by atoms with Gasteiger partial charge in [0.1, 0.15) is 6.61 Å². The Labute approximate surface area is 432 Å². The minimum absolute atomic E-state index is 0.0427. The highest BCUT2D eigenvalue weighted by molar-refractivity contribution is 7.47. The van der Waals surface area contributed by atoms with E-state index in [9.17, 15) is 19.0 Å². The van der Waals surface area contributed by atoms with E-state index in [-0.39, 0.29) is 32.6 Å². The van der Waals surface area contributed by atoms with Crippen molar-refractivity contribution in [3.05, 3.63) is 48.6 Å². The highest BCUT2D eigenvalue weighted by Crippen LogP contribution is 2.43. The fourth-order valence-electron chi connectivity index (χ4n) is 8.65. The third-order valence-corrected chi connectivity index (χ3v) is 14.0. The first-order valence-electron chi connectivity index (χ1n) is 29.6. The molecule has 0 aromatic rings. The highest BCUT2D eigenvalue weighted by atomic mass is 31.2. The number of allylic oxidation sites excluding steroid dienone is 8. The molecular formula is C60H112NO8P. The molecule has 0 rings (SSSR count). The van der Waals surface area contributed by atoms with E-state index < -0.39 is 32.5 Å². The summed E-state index contributed by atoms with van der Waals surface area (Å²) in [5, 5.41) is 0. The van der Waals surface area contributed by atoms with Gasteiger partial charge in [0.15, 0.2) is 6.10 Å². The third kappa shape index (κ3) is 55.3. The number of hydrogen-bond acceptors (Lipinski definition) is 8. The average Bonchev–Trinajstić information content (AvgIpc) is 3.35. The fourth-order valence-corrected chi connectivity index (χ4v) is 9.42. The fraction of sp³-hybridized carbons (Fsp3) is 0.833. The number of rotatable bonds is 56. The first-order valence-corrected chi connectivity index (χ1v) is 31.1. The monoisotopic (exact) mass is 1010 g/mol. The molecule has 9 nitrogen and oxygen atoms in total. The van der Waals surface area contributed by atoms with Crippen LogP contribution >= 0.6 is 7.82 Å². The molecule has 0 aliphatic rings. The van der Waals surface area contributed by atoms with E-state index in [1.165, 1.54) is 212 Å². The number of phosphoric acid groups is 1. The number of hydrogen-bond donors (Lipinski definition) is 2. The molecule has 0 aromatic carbocycles. The van der Waals surface area contributed by atoms with Gasteiger partial charge in [-0.3, -0.25) is 18.6 Å². The molecule has 0 fully saturated rings. The van der Waals surface area contributed by atoms with Crippen LogP contribution in [0.5, 0.6) is 0 Å². The van der Waals surface area contributed by atoms with Crippen molar-refractivity contribution in [3.8, 4) is 0 Å². The molecule has 0 aliphatic carbocycles. The number of unbranched alkanes of at least 4 members (excludes halogenated alkanes) is 35. The van der Waals surface area contributed by atoms with Crippen molar-refractivity contribution in [1.29, 1.82) is 0 Å². The molecule has 0 heterocycles. The summed E-state index contributed by atoms with van der Waals surface area (Å²) >= 11 is 0. The molecule has 2 atom stereocenters. The number of phosphoric ester groups is 1. The lowest BCUT2D eigenvalue weighted by atomic mass is 10.0. The second-order valence-corrected chi connectivity index (χ2v) is 21.3. The van der Waals surface area contributed by atoms with E-state index >= 15 is 0 Å². The second-order valence-electron chi connectivity index (χ2n) is 19.8. The molecule has 0 amide bonds. The van der Waals surface area contributed by atoms with Gasteiger partial charge < -0.3 is 20.1 Å². The third-order valence-electron chi connectivity index (χ3n) is 13.0. The molecule has 0 aliphatic heterocycles. The van der Waals surface area contributed by atoms with Crippen molar-refractivity contribution in [2.45, 2.75) is 296 Å². The summed E-state index contributed by atoms with van der Waals surface area (Å²) < 4.78 is 32.8. The Kier molecular flexibility index (Phi) is 54.6. The predicted octanol–water partition coefficient (Wildman–Crippen LogP) is 18.6. The standard InChI is InChI=1S/C60H112NO8P/c1-3-5-7-9-11-13-15-17-18-19-20-21-22-23-24-25-26-27-28-29-30-31-32-33-34-35-36-37-38-39-41-42-44-46-48-50-52-59(62)66-56-58(57-68-70(64,65)67-55-54-61)69-60(63)53-51-49-47-45-43-40-16-14-12-10-8-6-4-2/h6,8,12,14,40,43,47,49,58H,3-5,7,9-11,13,15-39,41-42,44-46,48,50-57,61H2,1-2H3,(H,64,65)/b8-6-,14-12-,43-40-,49-47-. The summed E-state index contributed by atoms with van der Waals surface area (Å²) in [4.78, 5) is 35.0. The lowest BCUT2D eigenvalue weighted by Crippen LogP contribution is -2.29. The normalized spacial score (nSPS) is 13.4. The van der Waals surface area contributed by atoms with Gasteiger partial charge in [0.2, 0.25) is 0 Å². The molecular weight excluding hydrogens is 894 g/mol. The topological polar surface area (TPSA) is 134 Å². The molecule has 410 valence electrons. The number of carbonyl (C=O) groups is 2. The van der Waals surface area contributed by atoms with Crippen LogP contribution < -0.4 is 5.73 Å². The smallest absolute Gasteiger partial charge is 0.462 e. The minimum atomic E-state index is -4.40. The molecule has 10 heteroatoms. The summed E-state index contributed by atoms with van der Waals surface area (Å²) in [5.74, 6) is -0.914. The summed E-state index contributed by atoms with van der Waals surface area (Å²) in [6.45, 7) is 3.57. The van der Waals surface area contributed by atoms with E-state index in [1.54, 1.807) is 0 Å². The summed E-state index contributed by atoms with van der Waals surface area (Å²) in [6.07, 6.45) is 69.6. The first kappa shape index (κ1) is 68.0. The zero-order chi connectivity index (χ0) is 51.0. The maximum Gasteiger partial charge on any atom is 0.472 e. The average molecular weight is 1010 g/mol. The summed E-state index contributed by atoms with van der Waals surface area (Å²) in [5.41, 5.74) is 5.36. The van der Waals surface area contributed by atoms with Gasteiger partial charge in [-0.2, -0.15) is 0 Å². The quantitative estimate of drug-likeness (QED) is 0.0264. The van der Waals surface area contributed by atoms with Gasteiger partial charge in [0, 0.05) is 19.4 Å². The van der Waals surface area contributed by atoms with Gasteiger partial charge >= 0.3 is 19.8 Å². The Morgan fingerprint density at radius 3 is 1.14 bits per heavy atom. The van der Waals surface area contributed by atoms with Gasteiger partial charge in [0.25, 0.3) is 0 Å². The van der Waals surface area contributed by atoms with Gasteiger partial charge in [-0.15, -0.1) is 0 Å². The van der Waals surface area contributed by atoms with Crippen molar-refractivity contribution in [2.24, 2.45) is 5.73 Å². The Balaban J connectivity index is 3.77. The molecule has 0 saturated heterocycles. The second kappa shape index (κ2) is 56.3. The largest absolute Gasteiger partial charge is 0.472 e. The molecule has 0 spiro atoms. The minimum Gasteiger partial charge on any atom is -0.462 e. The molecule has 3 N–H and O–H groups in total. The molecule has 2 unspecified atom stereocenters. The maximum atomic E-state index is 12.6. The molecule has 0 bridgehead atoms. The van der Waals surface area contributed by atoms with Gasteiger partial charge in [0.05, 0.1) is 13.2 Å². The number of nitrogens with two attached hydrogens (primary N) is 1. The van der Waals surface area contributed by atoms with Crippen molar-refractivity contribution < 1.29 is 37.6 Å². The van der Waals surface area contributed by atoms with E-state index in [2.05, 4.69) is 50.3 Å². The highest BCUT2D eigenvalue weighted by Gasteiger charge is 2.26. The Hall–Kier alpha value is -2.03. The summed E-state index contributed by atoms with van der Waals surface area (Å²) in [6, 6.07) is 0.